The van der Waals surface area contributed by atoms with Crippen LogP contribution in [0, 0.1) is 5.92 Å². The van der Waals surface area contributed by atoms with Gasteiger partial charge in [-0.3, -0.25) is 0 Å². The first kappa shape index (κ1) is 14.7. The highest BCUT2D eigenvalue weighted by Crippen LogP contribution is 2.22. The molecule has 0 bridgehead atoms. The van der Waals surface area contributed by atoms with Gasteiger partial charge in [0.15, 0.2) is 5.82 Å². The lowest BCUT2D eigenvalue weighted by Gasteiger charge is -2.13. The fourth-order valence-electron chi connectivity index (χ4n) is 2.30. The van der Waals surface area contributed by atoms with E-state index in [9.17, 15) is 0 Å². The third-order valence-electron chi connectivity index (χ3n) is 3.17. The van der Waals surface area contributed by atoms with Gasteiger partial charge in [0.2, 0.25) is 0 Å². The first-order valence-corrected chi connectivity index (χ1v) is 7.28. The molecular weight excluding hydrogens is 248 g/mol. The molecule has 2 rings (SSSR count). The van der Waals surface area contributed by atoms with E-state index in [1.165, 1.54) is 11.3 Å². The minimum atomic E-state index is 0.412. The van der Waals surface area contributed by atoms with Gasteiger partial charge in [-0.05, 0) is 30.5 Å². The molecule has 0 aliphatic heterocycles. The molecule has 0 aromatic carbocycles. The summed E-state index contributed by atoms with van der Waals surface area (Å²) in [6.45, 7) is 10.7. The normalized spacial score (nSPS) is 11.5. The molecule has 0 fully saturated rings. The molecule has 4 heteroatoms. The lowest BCUT2D eigenvalue weighted by atomic mass is 10.1. The van der Waals surface area contributed by atoms with Gasteiger partial charge in [0.05, 0.1) is 11.9 Å². The maximum atomic E-state index is 4.52. The summed E-state index contributed by atoms with van der Waals surface area (Å²) in [5.41, 5.74) is 2.49. The molecule has 0 saturated heterocycles. The van der Waals surface area contributed by atoms with E-state index in [0.717, 1.165) is 18.9 Å². The monoisotopic (exact) mass is 272 g/mol. The summed E-state index contributed by atoms with van der Waals surface area (Å²) < 4.78 is 1.96. The summed E-state index contributed by atoms with van der Waals surface area (Å²) in [5.74, 6) is 1.95. The lowest BCUT2D eigenvalue weighted by molar-refractivity contribution is 0.549. The van der Waals surface area contributed by atoms with Crippen LogP contribution in [0.2, 0.25) is 0 Å². The summed E-state index contributed by atoms with van der Waals surface area (Å²) in [4.78, 5) is 4.39. The zero-order valence-corrected chi connectivity index (χ0v) is 12.8. The first-order chi connectivity index (χ1) is 9.59. The van der Waals surface area contributed by atoms with Crippen molar-refractivity contribution in [2.45, 2.75) is 40.2 Å². The predicted octanol–water partition coefficient (Wildman–Crippen LogP) is 3.14. The number of nitrogens with one attached hydrogen (secondary N) is 1. The van der Waals surface area contributed by atoms with Crippen molar-refractivity contribution in [1.82, 2.24) is 20.1 Å². The van der Waals surface area contributed by atoms with Crippen LogP contribution in [0.4, 0.5) is 0 Å². The molecule has 0 atom stereocenters. The highest BCUT2D eigenvalue weighted by Gasteiger charge is 2.15. The van der Waals surface area contributed by atoms with Crippen LogP contribution < -0.4 is 5.32 Å². The fraction of sp³-hybridized carbons (Fsp3) is 0.500. The average molecular weight is 272 g/mol. The van der Waals surface area contributed by atoms with Gasteiger partial charge in [-0.1, -0.05) is 33.8 Å². The minimum Gasteiger partial charge on any atom is -0.312 e. The number of rotatable bonds is 6. The van der Waals surface area contributed by atoms with E-state index >= 15 is 0 Å². The standard InChI is InChI=1S/C16H24N4/c1-12(2)9-17-10-14-11-19-20(16(14)13(3)4)15-7-5-6-8-18-15/h5-8,11-13,17H,9-10H2,1-4H3. The van der Waals surface area contributed by atoms with E-state index in [-0.39, 0.29) is 0 Å². The smallest absolute Gasteiger partial charge is 0.153 e. The summed E-state index contributed by atoms with van der Waals surface area (Å²) in [6.07, 6.45) is 3.76. The van der Waals surface area contributed by atoms with E-state index in [2.05, 4.69) is 43.1 Å². The van der Waals surface area contributed by atoms with Gasteiger partial charge in [-0.2, -0.15) is 5.10 Å². The Morgan fingerprint density at radius 2 is 2.00 bits per heavy atom. The molecule has 0 spiro atoms. The van der Waals surface area contributed by atoms with E-state index < -0.39 is 0 Å². The van der Waals surface area contributed by atoms with Crippen LogP contribution in [-0.4, -0.2) is 21.3 Å². The van der Waals surface area contributed by atoms with Crippen LogP contribution in [0.1, 0.15) is 44.9 Å². The molecule has 2 aromatic heterocycles. The van der Waals surface area contributed by atoms with Crippen molar-refractivity contribution < 1.29 is 0 Å². The number of aromatic nitrogens is 3. The Bertz CT molecular complexity index is 529. The summed E-state index contributed by atoms with van der Waals surface area (Å²) >= 11 is 0. The van der Waals surface area contributed by atoms with Crippen LogP contribution in [0.5, 0.6) is 0 Å². The maximum Gasteiger partial charge on any atom is 0.153 e. The van der Waals surface area contributed by atoms with Crippen molar-refractivity contribution in [1.29, 1.82) is 0 Å². The fourth-order valence-corrected chi connectivity index (χ4v) is 2.30. The van der Waals surface area contributed by atoms with Crippen LogP contribution in [0.25, 0.3) is 5.82 Å². The number of pyridine rings is 1. The topological polar surface area (TPSA) is 42.7 Å². The zero-order valence-electron chi connectivity index (χ0n) is 12.8. The Kier molecular flexibility index (Phi) is 4.90. The van der Waals surface area contributed by atoms with Gasteiger partial charge < -0.3 is 5.32 Å². The molecule has 0 amide bonds. The van der Waals surface area contributed by atoms with Crippen LogP contribution in [0.3, 0.4) is 0 Å². The van der Waals surface area contributed by atoms with Crippen LogP contribution in [-0.2, 0) is 6.54 Å². The van der Waals surface area contributed by atoms with Crippen molar-refractivity contribution in [3.05, 3.63) is 41.9 Å². The summed E-state index contributed by atoms with van der Waals surface area (Å²) in [6, 6.07) is 5.90. The van der Waals surface area contributed by atoms with Crippen LogP contribution in [0.15, 0.2) is 30.6 Å². The van der Waals surface area contributed by atoms with Crippen molar-refractivity contribution in [2.75, 3.05) is 6.54 Å². The van der Waals surface area contributed by atoms with Crippen molar-refractivity contribution in [3.63, 3.8) is 0 Å². The second-order valence-corrected chi connectivity index (χ2v) is 5.83. The molecule has 0 aliphatic carbocycles. The summed E-state index contributed by atoms with van der Waals surface area (Å²) in [5, 5.41) is 8.01. The van der Waals surface area contributed by atoms with Gasteiger partial charge in [0.1, 0.15) is 0 Å². The van der Waals surface area contributed by atoms with Crippen molar-refractivity contribution in [2.24, 2.45) is 5.92 Å². The number of nitrogens with zero attached hydrogens (tertiary/aromatic N) is 3. The molecule has 4 nitrogen and oxygen atoms in total. The molecule has 1 N–H and O–H groups in total. The lowest BCUT2D eigenvalue weighted by Crippen LogP contribution is -2.20. The van der Waals surface area contributed by atoms with Gasteiger partial charge in [0.25, 0.3) is 0 Å². The summed E-state index contributed by atoms with van der Waals surface area (Å²) in [7, 11) is 0. The largest absolute Gasteiger partial charge is 0.312 e. The highest BCUT2D eigenvalue weighted by molar-refractivity contribution is 5.30. The molecule has 20 heavy (non-hydrogen) atoms. The van der Waals surface area contributed by atoms with E-state index in [4.69, 9.17) is 0 Å². The Labute approximate surface area is 121 Å². The van der Waals surface area contributed by atoms with E-state index in [1.54, 1.807) is 6.20 Å². The minimum absolute atomic E-state index is 0.412. The molecule has 0 saturated carbocycles. The Hall–Kier alpha value is -1.68. The third kappa shape index (κ3) is 3.45. The van der Waals surface area contributed by atoms with E-state index in [1.807, 2.05) is 29.1 Å². The Morgan fingerprint density at radius 1 is 1.20 bits per heavy atom. The second kappa shape index (κ2) is 6.66. The van der Waals surface area contributed by atoms with Gasteiger partial charge in [-0.15, -0.1) is 0 Å². The zero-order chi connectivity index (χ0) is 14.5. The van der Waals surface area contributed by atoms with Gasteiger partial charge in [-0.25, -0.2) is 9.67 Å². The Morgan fingerprint density at radius 3 is 2.60 bits per heavy atom. The predicted molar refractivity (Wildman–Crippen MR) is 82.0 cm³/mol. The van der Waals surface area contributed by atoms with Gasteiger partial charge in [0, 0.05) is 18.3 Å². The van der Waals surface area contributed by atoms with Crippen LogP contribution >= 0.6 is 0 Å². The molecule has 0 radical (unpaired) electrons. The molecule has 2 heterocycles. The number of hydrogen-bond acceptors (Lipinski definition) is 3. The molecule has 0 unspecified atom stereocenters. The van der Waals surface area contributed by atoms with Crippen molar-refractivity contribution >= 4 is 0 Å². The number of hydrogen-bond donors (Lipinski definition) is 1. The Balaban J connectivity index is 2.24. The van der Waals surface area contributed by atoms with E-state index in [0.29, 0.717) is 11.8 Å². The second-order valence-electron chi connectivity index (χ2n) is 5.83. The van der Waals surface area contributed by atoms with Gasteiger partial charge >= 0.3 is 0 Å². The third-order valence-corrected chi connectivity index (χ3v) is 3.17. The van der Waals surface area contributed by atoms with Crippen molar-refractivity contribution in [3.8, 4) is 5.82 Å². The molecule has 0 aliphatic rings. The quantitative estimate of drug-likeness (QED) is 0.878. The molecular formula is C16H24N4. The highest BCUT2D eigenvalue weighted by atomic mass is 15.3. The molecule has 2 aromatic rings. The average Bonchev–Trinajstić information content (AvgIpc) is 2.83. The maximum absolute atomic E-state index is 4.52. The molecule has 108 valence electrons. The first-order valence-electron chi connectivity index (χ1n) is 7.28. The SMILES string of the molecule is CC(C)CNCc1cnn(-c2ccccn2)c1C(C)C.